The summed E-state index contributed by atoms with van der Waals surface area (Å²) in [5.74, 6) is -0.420. The van der Waals surface area contributed by atoms with Gasteiger partial charge in [0.05, 0.1) is 5.71 Å². The van der Waals surface area contributed by atoms with Crippen LogP contribution < -0.4 is 0 Å². The van der Waals surface area contributed by atoms with Crippen molar-refractivity contribution in [2.45, 2.75) is 18.9 Å². The molecule has 1 amide bonds. The van der Waals surface area contributed by atoms with Crippen LogP contribution in [0.3, 0.4) is 0 Å². The Balaban J connectivity index is 1.72. The van der Waals surface area contributed by atoms with Gasteiger partial charge in [0, 0.05) is 38.2 Å². The van der Waals surface area contributed by atoms with Crippen LogP contribution in [0.25, 0.3) is 0 Å². The lowest BCUT2D eigenvalue weighted by Crippen LogP contribution is -2.54. The third kappa shape index (κ3) is 2.70. The van der Waals surface area contributed by atoms with Gasteiger partial charge in [-0.2, -0.15) is 0 Å². The summed E-state index contributed by atoms with van der Waals surface area (Å²) in [5.41, 5.74) is -0.145. The fourth-order valence-corrected chi connectivity index (χ4v) is 2.84. The number of oxime groups is 1. The fraction of sp³-hybridized carbons (Fsp3) is 0.500. The van der Waals surface area contributed by atoms with E-state index in [4.69, 9.17) is 4.84 Å². The molecule has 1 saturated heterocycles. The van der Waals surface area contributed by atoms with E-state index >= 15 is 0 Å². The van der Waals surface area contributed by atoms with Crippen molar-refractivity contribution in [3.63, 3.8) is 0 Å². The minimum atomic E-state index is -1.03. The van der Waals surface area contributed by atoms with Gasteiger partial charge in [-0.15, -0.1) is 0 Å². The molecule has 5 nitrogen and oxygen atoms in total. The quantitative estimate of drug-likeness (QED) is 0.831. The molecule has 1 atom stereocenters. The lowest BCUT2D eigenvalue weighted by molar-refractivity contribution is -0.154. The van der Waals surface area contributed by atoms with Gasteiger partial charge in [-0.1, -0.05) is 23.4 Å². The molecule has 2 aliphatic heterocycles. The molecule has 0 aliphatic carbocycles. The number of halogens is 1. The molecular weight excluding hydrogens is 285 g/mol. The van der Waals surface area contributed by atoms with Crippen LogP contribution in [0.1, 0.15) is 18.9 Å². The van der Waals surface area contributed by atoms with Crippen molar-refractivity contribution in [1.29, 1.82) is 0 Å². The highest BCUT2D eigenvalue weighted by molar-refractivity contribution is 6.05. The maximum absolute atomic E-state index is 13.9. The van der Waals surface area contributed by atoms with E-state index in [9.17, 15) is 9.18 Å². The molecule has 0 aromatic heterocycles. The Hall–Kier alpha value is -1.95. The maximum atomic E-state index is 13.9. The monoisotopic (exact) mass is 305 g/mol. The minimum absolute atomic E-state index is 0.0734. The molecule has 0 saturated carbocycles. The number of hydrogen-bond acceptors (Lipinski definition) is 4. The fourth-order valence-electron chi connectivity index (χ4n) is 2.84. The Bertz CT molecular complexity index is 611. The van der Waals surface area contributed by atoms with Gasteiger partial charge in [0.1, 0.15) is 5.82 Å². The van der Waals surface area contributed by atoms with Crippen LogP contribution in [-0.4, -0.2) is 60.2 Å². The van der Waals surface area contributed by atoms with Gasteiger partial charge in [0.2, 0.25) is 5.60 Å². The predicted octanol–water partition coefficient (Wildman–Crippen LogP) is 1.48. The number of carbonyl (C=O) groups is 1. The van der Waals surface area contributed by atoms with Crippen molar-refractivity contribution in [2.75, 3.05) is 33.2 Å². The van der Waals surface area contributed by atoms with Crippen LogP contribution in [0.4, 0.5) is 4.39 Å². The number of nitrogens with zero attached hydrogens (tertiary/aromatic N) is 3. The Labute approximate surface area is 129 Å². The second-order valence-corrected chi connectivity index (χ2v) is 6.11. The molecule has 0 N–H and O–H groups in total. The maximum Gasteiger partial charge on any atom is 0.269 e. The summed E-state index contributed by atoms with van der Waals surface area (Å²) in [5, 5.41) is 3.97. The van der Waals surface area contributed by atoms with E-state index in [-0.39, 0.29) is 11.7 Å². The summed E-state index contributed by atoms with van der Waals surface area (Å²) in [6.45, 7) is 4.79. The van der Waals surface area contributed by atoms with Crippen LogP contribution >= 0.6 is 0 Å². The molecule has 1 fully saturated rings. The Kier molecular flexibility index (Phi) is 3.87. The molecule has 3 rings (SSSR count). The zero-order valence-corrected chi connectivity index (χ0v) is 12.9. The third-order valence-corrected chi connectivity index (χ3v) is 4.29. The van der Waals surface area contributed by atoms with Crippen molar-refractivity contribution < 1.29 is 14.0 Å². The molecule has 6 heteroatoms. The van der Waals surface area contributed by atoms with E-state index in [1.165, 1.54) is 6.07 Å². The van der Waals surface area contributed by atoms with E-state index in [0.29, 0.717) is 30.8 Å². The van der Waals surface area contributed by atoms with E-state index in [1.807, 2.05) is 7.05 Å². The standard InChI is InChI=1S/C16H20FN3O2/c1-16(15(21)20-9-7-19(2)8-10-20)11-14(18-22-16)12-5-3-4-6-13(12)17/h3-6H,7-11H2,1-2H3. The largest absolute Gasteiger partial charge is 0.379 e. The average Bonchev–Trinajstić information content (AvgIpc) is 2.91. The van der Waals surface area contributed by atoms with E-state index in [0.717, 1.165) is 13.1 Å². The summed E-state index contributed by atoms with van der Waals surface area (Å²) in [6, 6.07) is 6.42. The zero-order valence-electron chi connectivity index (χ0n) is 12.9. The lowest BCUT2D eigenvalue weighted by Gasteiger charge is -2.36. The number of benzene rings is 1. The SMILES string of the molecule is CN1CCN(C(=O)C2(C)CC(c3ccccc3F)=NO2)CC1. The highest BCUT2D eigenvalue weighted by atomic mass is 19.1. The topological polar surface area (TPSA) is 45.1 Å². The first-order valence-electron chi connectivity index (χ1n) is 7.47. The Morgan fingerprint density at radius 2 is 1.95 bits per heavy atom. The number of piperazine rings is 1. The molecule has 118 valence electrons. The van der Waals surface area contributed by atoms with Gasteiger partial charge < -0.3 is 14.6 Å². The number of likely N-dealkylation sites (N-methyl/N-ethyl adjacent to an activating group) is 1. The van der Waals surface area contributed by atoms with Crippen LogP contribution in [-0.2, 0) is 9.63 Å². The number of hydrogen-bond donors (Lipinski definition) is 0. The van der Waals surface area contributed by atoms with Crippen LogP contribution in [0.5, 0.6) is 0 Å². The molecule has 1 unspecified atom stereocenters. The number of carbonyl (C=O) groups excluding carboxylic acids is 1. The van der Waals surface area contributed by atoms with Gasteiger partial charge in [-0.25, -0.2) is 4.39 Å². The molecule has 0 spiro atoms. The number of rotatable bonds is 2. The third-order valence-electron chi connectivity index (χ3n) is 4.29. The molecule has 0 bridgehead atoms. The van der Waals surface area contributed by atoms with Crippen molar-refractivity contribution in [3.05, 3.63) is 35.6 Å². The normalized spacial score (nSPS) is 25.8. The first-order valence-corrected chi connectivity index (χ1v) is 7.47. The average molecular weight is 305 g/mol. The van der Waals surface area contributed by atoms with E-state index in [1.54, 1.807) is 30.0 Å². The van der Waals surface area contributed by atoms with Crippen LogP contribution in [0, 0.1) is 5.82 Å². The van der Waals surface area contributed by atoms with Gasteiger partial charge in [-0.05, 0) is 20.0 Å². The van der Waals surface area contributed by atoms with E-state index in [2.05, 4.69) is 10.1 Å². The molecule has 22 heavy (non-hydrogen) atoms. The highest BCUT2D eigenvalue weighted by Gasteiger charge is 2.45. The van der Waals surface area contributed by atoms with Gasteiger partial charge in [0.25, 0.3) is 5.91 Å². The zero-order chi connectivity index (χ0) is 15.7. The predicted molar refractivity (Wildman–Crippen MR) is 81.1 cm³/mol. The summed E-state index contributed by atoms with van der Waals surface area (Å²) >= 11 is 0. The number of amides is 1. The molecular formula is C16H20FN3O2. The molecule has 0 radical (unpaired) electrons. The first-order chi connectivity index (χ1) is 10.5. The smallest absolute Gasteiger partial charge is 0.269 e. The Morgan fingerprint density at radius 1 is 1.27 bits per heavy atom. The lowest BCUT2D eigenvalue weighted by atomic mass is 9.94. The summed E-state index contributed by atoms with van der Waals surface area (Å²) in [6.07, 6.45) is 0.291. The highest BCUT2D eigenvalue weighted by Crippen LogP contribution is 2.29. The van der Waals surface area contributed by atoms with E-state index < -0.39 is 5.60 Å². The summed E-state index contributed by atoms with van der Waals surface area (Å²) < 4.78 is 13.9. The first kappa shape index (κ1) is 15.0. The molecule has 1 aromatic rings. The van der Waals surface area contributed by atoms with Gasteiger partial charge >= 0.3 is 0 Å². The van der Waals surface area contributed by atoms with Crippen molar-refractivity contribution in [1.82, 2.24) is 9.80 Å². The van der Waals surface area contributed by atoms with Crippen molar-refractivity contribution in [2.24, 2.45) is 5.16 Å². The van der Waals surface area contributed by atoms with Crippen molar-refractivity contribution >= 4 is 11.6 Å². The van der Waals surface area contributed by atoms with Crippen LogP contribution in [0.15, 0.2) is 29.4 Å². The molecule has 1 aromatic carbocycles. The van der Waals surface area contributed by atoms with Crippen molar-refractivity contribution in [3.8, 4) is 0 Å². The van der Waals surface area contributed by atoms with Gasteiger partial charge in [0.15, 0.2) is 0 Å². The minimum Gasteiger partial charge on any atom is -0.379 e. The summed E-state index contributed by atoms with van der Waals surface area (Å²) in [4.78, 5) is 22.1. The summed E-state index contributed by atoms with van der Waals surface area (Å²) in [7, 11) is 2.04. The Morgan fingerprint density at radius 3 is 2.64 bits per heavy atom. The van der Waals surface area contributed by atoms with Crippen LogP contribution in [0.2, 0.25) is 0 Å². The molecule has 2 aliphatic rings. The second kappa shape index (κ2) is 5.68. The second-order valence-electron chi connectivity index (χ2n) is 6.11. The molecule has 2 heterocycles. The van der Waals surface area contributed by atoms with Gasteiger partial charge in [-0.3, -0.25) is 4.79 Å².